The summed E-state index contributed by atoms with van der Waals surface area (Å²) in [6, 6.07) is 0.220. The molecule has 228 valence electrons. The van der Waals surface area contributed by atoms with Gasteiger partial charge in [0, 0.05) is 56.5 Å². The first kappa shape index (κ1) is 30.6. The monoisotopic (exact) mass is 611 g/mol. The lowest BCUT2D eigenvalue weighted by atomic mass is 9.70. The van der Waals surface area contributed by atoms with Crippen LogP contribution in [0.4, 0.5) is 13.2 Å². The van der Waals surface area contributed by atoms with Crippen LogP contribution in [-0.2, 0) is 14.3 Å². The number of nitrogens with one attached hydrogen (secondary N) is 4. The molecule has 4 aliphatic heterocycles. The van der Waals surface area contributed by atoms with Gasteiger partial charge in [-0.2, -0.15) is 13.2 Å². The van der Waals surface area contributed by atoms with Crippen molar-refractivity contribution in [3.63, 3.8) is 0 Å². The molecule has 0 aromatic heterocycles. The van der Waals surface area contributed by atoms with Crippen molar-refractivity contribution in [2.45, 2.75) is 91.7 Å². The third-order valence-corrected chi connectivity index (χ3v) is 11.3. The number of aliphatic hydroxyl groups is 1. The Morgan fingerprint density at radius 3 is 2.65 bits per heavy atom. The predicted octanol–water partition coefficient (Wildman–Crippen LogP) is 1.59. The second-order valence-corrected chi connectivity index (χ2v) is 14.1. The summed E-state index contributed by atoms with van der Waals surface area (Å²) in [4.78, 5) is 28.3. The first-order valence-electron chi connectivity index (χ1n) is 14.3. The topological polar surface area (TPSA) is 115 Å². The van der Waals surface area contributed by atoms with Crippen molar-refractivity contribution in [3.05, 3.63) is 0 Å². The predicted molar refractivity (Wildman–Crippen MR) is 145 cm³/mol. The number of likely N-dealkylation sites (tertiary alicyclic amines) is 1. The second kappa shape index (κ2) is 12.0. The molecule has 5 N–H and O–H groups in total. The molecular formula is C26H41ClF3N5O4S. The summed E-state index contributed by atoms with van der Waals surface area (Å²) < 4.78 is 45.9. The van der Waals surface area contributed by atoms with E-state index in [0.29, 0.717) is 32.6 Å². The Balaban J connectivity index is 1.16. The molecule has 14 heteroatoms. The number of amides is 2. The van der Waals surface area contributed by atoms with Crippen LogP contribution in [0.1, 0.15) is 45.4 Å². The maximum absolute atomic E-state index is 13.6. The number of carbonyl (C=O) groups is 2. The van der Waals surface area contributed by atoms with Crippen LogP contribution < -0.4 is 21.3 Å². The van der Waals surface area contributed by atoms with Crippen molar-refractivity contribution in [1.82, 2.24) is 26.2 Å². The van der Waals surface area contributed by atoms with E-state index in [0.717, 1.165) is 12.8 Å². The zero-order valence-corrected chi connectivity index (χ0v) is 24.5. The van der Waals surface area contributed by atoms with E-state index in [1.807, 2.05) is 0 Å². The lowest BCUT2D eigenvalue weighted by Gasteiger charge is -2.45. The molecule has 5 fully saturated rings. The fourth-order valence-corrected chi connectivity index (χ4v) is 9.13. The minimum Gasteiger partial charge on any atom is -0.380 e. The Kier molecular flexibility index (Phi) is 9.22. The minimum absolute atomic E-state index is 0.0151. The van der Waals surface area contributed by atoms with Gasteiger partial charge in [0.1, 0.15) is 5.50 Å². The summed E-state index contributed by atoms with van der Waals surface area (Å²) in [5, 5.41) is 23.4. The van der Waals surface area contributed by atoms with Crippen molar-refractivity contribution in [2.75, 3.05) is 33.3 Å². The lowest BCUT2D eigenvalue weighted by Crippen LogP contribution is -2.57. The number of fused-ring (bicyclic) bond motifs is 1. The van der Waals surface area contributed by atoms with Crippen LogP contribution in [0, 0.1) is 23.7 Å². The lowest BCUT2D eigenvalue weighted by molar-refractivity contribution is -0.273. The number of hydrogen-bond donors (Lipinski definition) is 5. The summed E-state index contributed by atoms with van der Waals surface area (Å²) >= 11 is 7.99. The Morgan fingerprint density at radius 1 is 1.18 bits per heavy atom. The summed E-state index contributed by atoms with van der Waals surface area (Å²) in [6.45, 7) is 4.12. The van der Waals surface area contributed by atoms with E-state index in [4.69, 9.17) is 16.3 Å². The maximum atomic E-state index is 13.6. The highest BCUT2D eigenvalue weighted by Gasteiger charge is 2.57. The minimum atomic E-state index is -4.74. The van der Waals surface area contributed by atoms with E-state index < -0.39 is 24.1 Å². The summed E-state index contributed by atoms with van der Waals surface area (Å²) in [5.41, 5.74) is -3.26. The molecule has 4 heterocycles. The Bertz CT molecular complexity index is 939. The van der Waals surface area contributed by atoms with Crippen LogP contribution in [0.15, 0.2) is 0 Å². The Hall–Kier alpha value is -0.830. The van der Waals surface area contributed by atoms with Gasteiger partial charge in [0.05, 0.1) is 17.5 Å². The fourth-order valence-electron chi connectivity index (χ4n) is 7.43. The summed E-state index contributed by atoms with van der Waals surface area (Å²) in [5.74, 6) is -1.15. The zero-order valence-electron chi connectivity index (χ0n) is 22.9. The third-order valence-electron chi connectivity index (χ3n) is 9.65. The molecule has 1 aliphatic carbocycles. The Labute approximate surface area is 242 Å². The molecule has 11 atom stereocenters. The van der Waals surface area contributed by atoms with E-state index in [1.165, 1.54) is 0 Å². The standard InChI is InChI=1S/C26H41ClF3N5O4S/c1-13-6-15(16-7-21(27)32-10-19(16)39-2)17(9-31-13)22(36)34-24-33-18-11-35(12-20(18)40-24)23(37)14-4-3-5-25(38,8-14)26(28,29)30/h13-21,24,31-33,38H,3-12H2,1-2H3,(H,34,36)/t13?,14-,15?,16?,17?,18?,19?,20?,21?,24?,25+/m0/s1. The van der Waals surface area contributed by atoms with Gasteiger partial charge in [-0.15, -0.1) is 23.4 Å². The highest BCUT2D eigenvalue weighted by Crippen LogP contribution is 2.45. The summed E-state index contributed by atoms with van der Waals surface area (Å²) in [7, 11) is 1.70. The number of ether oxygens (including phenoxy) is 1. The molecule has 0 radical (unpaired) electrons. The molecule has 4 saturated heterocycles. The van der Waals surface area contributed by atoms with Gasteiger partial charge in [-0.05, 0) is 57.3 Å². The van der Waals surface area contributed by atoms with Gasteiger partial charge in [0.25, 0.3) is 0 Å². The molecule has 0 spiro atoms. The highest BCUT2D eigenvalue weighted by molar-refractivity contribution is 8.00. The first-order valence-corrected chi connectivity index (χ1v) is 15.7. The van der Waals surface area contributed by atoms with E-state index in [9.17, 15) is 27.9 Å². The molecule has 2 amide bonds. The van der Waals surface area contributed by atoms with E-state index in [1.54, 1.807) is 23.8 Å². The molecule has 5 rings (SSSR count). The molecule has 0 bridgehead atoms. The van der Waals surface area contributed by atoms with Crippen LogP contribution in [0.2, 0.25) is 0 Å². The van der Waals surface area contributed by atoms with E-state index in [-0.39, 0.29) is 76.8 Å². The number of alkyl halides is 4. The van der Waals surface area contributed by atoms with Gasteiger partial charge >= 0.3 is 6.18 Å². The number of methoxy groups -OCH3 is 1. The number of piperidine rings is 2. The number of thioether (sulfide) groups is 1. The molecule has 1 saturated carbocycles. The highest BCUT2D eigenvalue weighted by atomic mass is 35.5. The van der Waals surface area contributed by atoms with Crippen LogP contribution in [0.25, 0.3) is 0 Å². The average molecular weight is 612 g/mol. The normalized spacial score (nSPS) is 44.3. The van der Waals surface area contributed by atoms with Crippen LogP contribution in [0.5, 0.6) is 0 Å². The van der Waals surface area contributed by atoms with Crippen LogP contribution >= 0.6 is 23.4 Å². The number of nitrogens with zero attached hydrogens (tertiary/aromatic N) is 1. The number of rotatable bonds is 5. The van der Waals surface area contributed by atoms with Crippen LogP contribution in [-0.4, -0.2) is 101 Å². The van der Waals surface area contributed by atoms with Gasteiger partial charge in [-0.1, -0.05) is 0 Å². The fraction of sp³-hybridized carbons (Fsp3) is 0.923. The molecule has 0 aromatic rings. The van der Waals surface area contributed by atoms with Crippen molar-refractivity contribution < 1.29 is 32.6 Å². The molecule has 9 unspecified atom stereocenters. The molecule has 0 aromatic carbocycles. The quantitative estimate of drug-likeness (QED) is 0.235. The molecular weight excluding hydrogens is 571 g/mol. The molecule has 5 aliphatic rings. The van der Waals surface area contributed by atoms with Crippen molar-refractivity contribution in [3.8, 4) is 0 Å². The number of carbonyl (C=O) groups excluding carboxylic acids is 2. The summed E-state index contributed by atoms with van der Waals surface area (Å²) in [6.07, 6.45) is -3.61. The largest absolute Gasteiger partial charge is 0.417 e. The third kappa shape index (κ3) is 6.26. The number of hydrogen-bond acceptors (Lipinski definition) is 8. The van der Waals surface area contributed by atoms with Crippen molar-refractivity contribution in [1.29, 1.82) is 0 Å². The molecule has 9 nitrogen and oxygen atoms in total. The van der Waals surface area contributed by atoms with Gasteiger partial charge in [0.2, 0.25) is 11.8 Å². The maximum Gasteiger partial charge on any atom is 0.417 e. The van der Waals surface area contributed by atoms with Crippen molar-refractivity contribution in [2.24, 2.45) is 23.7 Å². The molecule has 40 heavy (non-hydrogen) atoms. The second-order valence-electron chi connectivity index (χ2n) is 12.3. The zero-order chi connectivity index (χ0) is 28.8. The smallest absolute Gasteiger partial charge is 0.380 e. The SMILES string of the molecule is COC1CNC(Cl)CC1C1CC(C)NCC1C(=O)NC1NC2CN(C(=O)[C@H]3CCC[C@](O)(C(F)(F)F)C3)CC2S1. The van der Waals surface area contributed by atoms with Crippen molar-refractivity contribution >= 4 is 35.2 Å². The van der Waals surface area contributed by atoms with Gasteiger partial charge < -0.3 is 25.4 Å². The van der Waals surface area contributed by atoms with Gasteiger partial charge in [0.15, 0.2) is 5.60 Å². The Morgan fingerprint density at radius 2 is 1.95 bits per heavy atom. The van der Waals surface area contributed by atoms with Gasteiger partial charge in [-0.25, -0.2) is 0 Å². The number of halogens is 4. The van der Waals surface area contributed by atoms with Crippen LogP contribution in [0.3, 0.4) is 0 Å². The van der Waals surface area contributed by atoms with Gasteiger partial charge in [-0.3, -0.25) is 20.2 Å². The average Bonchev–Trinajstić information content (AvgIpc) is 3.46. The van der Waals surface area contributed by atoms with E-state index >= 15 is 0 Å². The first-order chi connectivity index (χ1) is 18.9. The van der Waals surface area contributed by atoms with E-state index in [2.05, 4.69) is 28.2 Å².